The van der Waals surface area contributed by atoms with Crippen LogP contribution in [0.25, 0.3) is 0 Å². The lowest BCUT2D eigenvalue weighted by Crippen LogP contribution is -2.10. The fourth-order valence-electron chi connectivity index (χ4n) is 1.49. The van der Waals surface area contributed by atoms with Gasteiger partial charge in [-0.05, 0) is 44.9 Å². The summed E-state index contributed by atoms with van der Waals surface area (Å²) in [5, 5.41) is 0. The van der Waals surface area contributed by atoms with Gasteiger partial charge in [0.25, 0.3) is 0 Å². The zero-order valence-electron chi connectivity index (χ0n) is 10.3. The molecular weight excluding hydrogens is 245 g/mol. The van der Waals surface area contributed by atoms with Crippen LogP contribution in [0.3, 0.4) is 0 Å². The fraction of sp³-hybridized carbons (Fsp3) is 0.538. The Balaban J connectivity index is 2.28. The van der Waals surface area contributed by atoms with Crippen molar-refractivity contribution in [3.05, 3.63) is 23.8 Å². The van der Waals surface area contributed by atoms with Crippen LogP contribution < -0.4 is 9.47 Å². The molecule has 0 spiro atoms. The molecule has 0 aliphatic heterocycles. The molecule has 18 heavy (non-hydrogen) atoms. The van der Waals surface area contributed by atoms with Crippen LogP contribution >= 0.6 is 0 Å². The topological polar surface area (TPSA) is 18.5 Å². The fourth-order valence-corrected chi connectivity index (χ4v) is 1.49. The summed E-state index contributed by atoms with van der Waals surface area (Å²) in [6.07, 6.45) is -2.67. The summed E-state index contributed by atoms with van der Waals surface area (Å²) in [7, 11) is 0. The van der Waals surface area contributed by atoms with Crippen molar-refractivity contribution in [2.24, 2.45) is 0 Å². The summed E-state index contributed by atoms with van der Waals surface area (Å²) in [5.41, 5.74) is -0.714. The van der Waals surface area contributed by atoms with Crippen molar-refractivity contribution in [2.45, 2.75) is 45.1 Å². The van der Waals surface area contributed by atoms with Gasteiger partial charge in [0.05, 0.1) is 17.8 Å². The van der Waals surface area contributed by atoms with Gasteiger partial charge in [-0.3, -0.25) is 0 Å². The second-order valence-electron chi connectivity index (χ2n) is 4.64. The van der Waals surface area contributed by atoms with Crippen molar-refractivity contribution in [1.29, 1.82) is 0 Å². The lowest BCUT2D eigenvalue weighted by molar-refractivity contribution is -0.137. The first-order valence-electron chi connectivity index (χ1n) is 5.91. The molecule has 0 amide bonds. The molecule has 1 aromatic carbocycles. The van der Waals surface area contributed by atoms with Crippen LogP contribution in [-0.4, -0.2) is 12.2 Å². The van der Waals surface area contributed by atoms with Crippen molar-refractivity contribution in [1.82, 2.24) is 0 Å². The minimum atomic E-state index is -4.36. The molecule has 1 fully saturated rings. The van der Waals surface area contributed by atoms with E-state index in [4.69, 9.17) is 9.47 Å². The van der Waals surface area contributed by atoms with Crippen molar-refractivity contribution in [3.63, 3.8) is 0 Å². The Morgan fingerprint density at radius 3 is 2.33 bits per heavy atom. The highest BCUT2D eigenvalue weighted by Gasteiger charge is 2.33. The highest BCUT2D eigenvalue weighted by Crippen LogP contribution is 2.39. The molecule has 0 saturated heterocycles. The molecule has 1 aromatic rings. The van der Waals surface area contributed by atoms with Gasteiger partial charge in [0, 0.05) is 0 Å². The molecule has 0 aromatic heterocycles. The molecule has 0 unspecified atom stereocenters. The van der Waals surface area contributed by atoms with Gasteiger partial charge in [-0.1, -0.05) is 0 Å². The molecule has 0 N–H and O–H groups in total. The van der Waals surface area contributed by atoms with E-state index in [0.29, 0.717) is 5.75 Å². The van der Waals surface area contributed by atoms with Gasteiger partial charge < -0.3 is 9.47 Å². The Hall–Kier alpha value is -1.39. The lowest BCUT2D eigenvalue weighted by atomic mass is 10.2. The zero-order valence-corrected chi connectivity index (χ0v) is 10.3. The first kappa shape index (κ1) is 13.1. The van der Waals surface area contributed by atoms with Crippen LogP contribution in [-0.2, 0) is 6.18 Å². The molecule has 1 saturated carbocycles. The largest absolute Gasteiger partial charge is 0.487 e. The minimum Gasteiger partial charge on any atom is -0.487 e. The Morgan fingerprint density at radius 2 is 1.83 bits per heavy atom. The van der Waals surface area contributed by atoms with E-state index in [1.807, 2.05) is 13.8 Å². The van der Waals surface area contributed by atoms with E-state index >= 15 is 0 Å². The molecule has 2 rings (SSSR count). The predicted molar refractivity (Wildman–Crippen MR) is 60.9 cm³/mol. The number of benzene rings is 1. The smallest absolute Gasteiger partial charge is 0.416 e. The van der Waals surface area contributed by atoms with Crippen molar-refractivity contribution in [3.8, 4) is 11.5 Å². The minimum absolute atomic E-state index is 0.0306. The summed E-state index contributed by atoms with van der Waals surface area (Å²) in [6.45, 7) is 3.64. The Labute approximate surface area is 104 Å². The predicted octanol–water partition coefficient (Wildman–Crippen LogP) is 4.03. The van der Waals surface area contributed by atoms with Gasteiger partial charge in [-0.15, -0.1) is 0 Å². The first-order valence-corrected chi connectivity index (χ1v) is 5.91. The van der Waals surface area contributed by atoms with Gasteiger partial charge in [-0.25, -0.2) is 0 Å². The lowest BCUT2D eigenvalue weighted by Gasteiger charge is -2.16. The van der Waals surface area contributed by atoms with E-state index in [-0.39, 0.29) is 18.0 Å². The second kappa shape index (κ2) is 4.71. The zero-order chi connectivity index (χ0) is 13.3. The summed E-state index contributed by atoms with van der Waals surface area (Å²) in [4.78, 5) is 0. The monoisotopic (exact) mass is 260 g/mol. The molecular formula is C13H15F3O2. The third-order valence-electron chi connectivity index (χ3n) is 2.45. The summed E-state index contributed by atoms with van der Waals surface area (Å²) >= 11 is 0. The van der Waals surface area contributed by atoms with E-state index in [9.17, 15) is 13.2 Å². The quantitative estimate of drug-likeness (QED) is 0.813. The average Bonchev–Trinajstić information content (AvgIpc) is 3.02. The standard InChI is InChI=1S/C13H15F3O2/c1-8(2)17-11-6-3-9(13(14,15)16)7-12(11)18-10-4-5-10/h3,6-8,10H,4-5H2,1-2H3. The number of ether oxygens (including phenoxy) is 2. The third-order valence-corrected chi connectivity index (χ3v) is 2.45. The SMILES string of the molecule is CC(C)Oc1ccc(C(F)(F)F)cc1OC1CC1. The van der Waals surface area contributed by atoms with Crippen LogP contribution in [0.4, 0.5) is 13.2 Å². The number of hydrogen-bond donors (Lipinski definition) is 0. The number of rotatable bonds is 4. The van der Waals surface area contributed by atoms with Gasteiger partial charge in [0.2, 0.25) is 0 Å². The van der Waals surface area contributed by atoms with E-state index in [0.717, 1.165) is 25.0 Å². The Kier molecular flexibility index (Phi) is 3.41. The van der Waals surface area contributed by atoms with E-state index in [1.54, 1.807) is 0 Å². The van der Waals surface area contributed by atoms with Crippen molar-refractivity contribution < 1.29 is 22.6 Å². The maximum absolute atomic E-state index is 12.6. The third kappa shape index (κ3) is 3.31. The highest BCUT2D eigenvalue weighted by molar-refractivity contribution is 5.44. The van der Waals surface area contributed by atoms with Gasteiger partial charge in [0.1, 0.15) is 0 Å². The molecule has 0 heterocycles. The molecule has 100 valence electrons. The van der Waals surface area contributed by atoms with Gasteiger partial charge in [0.15, 0.2) is 11.5 Å². The highest BCUT2D eigenvalue weighted by atomic mass is 19.4. The molecule has 5 heteroatoms. The molecule has 0 radical (unpaired) electrons. The first-order chi connectivity index (χ1) is 8.36. The van der Waals surface area contributed by atoms with Crippen molar-refractivity contribution >= 4 is 0 Å². The number of alkyl halides is 3. The molecule has 0 bridgehead atoms. The Bertz CT molecular complexity index is 423. The van der Waals surface area contributed by atoms with Gasteiger partial charge in [-0.2, -0.15) is 13.2 Å². The van der Waals surface area contributed by atoms with Crippen LogP contribution in [0.1, 0.15) is 32.3 Å². The van der Waals surface area contributed by atoms with Crippen LogP contribution in [0, 0.1) is 0 Å². The second-order valence-corrected chi connectivity index (χ2v) is 4.64. The van der Waals surface area contributed by atoms with Gasteiger partial charge >= 0.3 is 6.18 Å². The van der Waals surface area contributed by atoms with Crippen LogP contribution in [0.2, 0.25) is 0 Å². The maximum Gasteiger partial charge on any atom is 0.416 e. The molecule has 0 atom stereocenters. The summed E-state index contributed by atoms with van der Waals surface area (Å²) < 4.78 is 48.8. The maximum atomic E-state index is 12.6. The molecule has 1 aliphatic rings. The normalized spacial score (nSPS) is 15.9. The van der Waals surface area contributed by atoms with Crippen LogP contribution in [0.5, 0.6) is 11.5 Å². The summed E-state index contributed by atoms with van der Waals surface area (Å²) in [5.74, 6) is 0.547. The van der Waals surface area contributed by atoms with E-state index in [1.165, 1.54) is 6.07 Å². The van der Waals surface area contributed by atoms with Crippen molar-refractivity contribution in [2.75, 3.05) is 0 Å². The van der Waals surface area contributed by atoms with E-state index in [2.05, 4.69) is 0 Å². The van der Waals surface area contributed by atoms with Crippen LogP contribution in [0.15, 0.2) is 18.2 Å². The molecule has 2 nitrogen and oxygen atoms in total. The van der Waals surface area contributed by atoms with E-state index < -0.39 is 11.7 Å². The summed E-state index contributed by atoms with van der Waals surface area (Å²) in [6, 6.07) is 3.34. The molecule has 1 aliphatic carbocycles. The number of hydrogen-bond acceptors (Lipinski definition) is 2. The average molecular weight is 260 g/mol. The number of halogens is 3. The Morgan fingerprint density at radius 1 is 1.17 bits per heavy atom.